The Morgan fingerprint density at radius 3 is 1.79 bits per heavy atom. The van der Waals surface area contributed by atoms with Crippen molar-refractivity contribution in [2.75, 3.05) is 14.2 Å². The molecule has 7 heteroatoms. The third-order valence-electron chi connectivity index (χ3n) is 3.56. The fraction of sp³-hybridized carbons (Fsp3) is 0.118. The van der Waals surface area contributed by atoms with Gasteiger partial charge in [0.05, 0.1) is 25.3 Å². The van der Waals surface area contributed by atoms with Gasteiger partial charge in [-0.25, -0.2) is 4.79 Å². The van der Waals surface area contributed by atoms with Crippen LogP contribution in [0.2, 0.25) is 0 Å². The van der Waals surface area contributed by atoms with Crippen LogP contribution in [0.15, 0.2) is 42.5 Å². The zero-order valence-corrected chi connectivity index (χ0v) is 12.9. The third-order valence-corrected chi connectivity index (χ3v) is 3.56. The fourth-order valence-electron chi connectivity index (χ4n) is 2.43. The van der Waals surface area contributed by atoms with Gasteiger partial charge in [-0.3, -0.25) is 9.59 Å². The van der Waals surface area contributed by atoms with E-state index in [2.05, 4.69) is 0 Å². The number of imide groups is 1. The van der Waals surface area contributed by atoms with Gasteiger partial charge in [-0.1, -0.05) is 23.3 Å². The molecule has 0 radical (unpaired) electrons. The summed E-state index contributed by atoms with van der Waals surface area (Å²) < 4.78 is 10.2. The zero-order chi connectivity index (χ0) is 17.3. The minimum absolute atomic E-state index is 0.0148. The molecule has 0 atom stereocenters. The second kappa shape index (κ2) is 6.04. The normalized spacial score (nSPS) is 12.8. The maximum Gasteiger partial charge on any atom is 0.371 e. The first-order chi connectivity index (χ1) is 11.6. The highest BCUT2D eigenvalue weighted by Crippen LogP contribution is 2.30. The van der Waals surface area contributed by atoms with Crippen LogP contribution in [0.3, 0.4) is 0 Å². The summed E-state index contributed by atoms with van der Waals surface area (Å²) in [4.78, 5) is 42.0. The molecular weight excluding hydrogens is 314 g/mol. The van der Waals surface area contributed by atoms with Gasteiger partial charge in [0.15, 0.2) is 0 Å². The van der Waals surface area contributed by atoms with Gasteiger partial charge in [0, 0.05) is 0 Å². The average molecular weight is 327 g/mol. The molecular formula is C17H13NO6. The van der Waals surface area contributed by atoms with Crippen molar-refractivity contribution in [3.63, 3.8) is 0 Å². The number of rotatable bonds is 4. The fourth-order valence-corrected chi connectivity index (χ4v) is 2.43. The molecule has 0 aliphatic carbocycles. The molecule has 0 aromatic heterocycles. The Hall–Kier alpha value is -3.35. The molecule has 24 heavy (non-hydrogen) atoms. The van der Waals surface area contributed by atoms with Crippen LogP contribution in [0.25, 0.3) is 0 Å². The second-order valence-electron chi connectivity index (χ2n) is 4.87. The van der Waals surface area contributed by atoms with Gasteiger partial charge < -0.3 is 14.3 Å². The topological polar surface area (TPSA) is 82.1 Å². The van der Waals surface area contributed by atoms with E-state index in [9.17, 15) is 14.4 Å². The molecule has 2 amide bonds. The van der Waals surface area contributed by atoms with E-state index in [1.165, 1.54) is 26.4 Å². The molecule has 0 saturated carbocycles. The van der Waals surface area contributed by atoms with Crippen LogP contribution in [0.4, 0.5) is 0 Å². The number of methoxy groups -OCH3 is 2. The van der Waals surface area contributed by atoms with Gasteiger partial charge >= 0.3 is 5.97 Å². The van der Waals surface area contributed by atoms with Crippen LogP contribution in [0.5, 0.6) is 11.5 Å². The van der Waals surface area contributed by atoms with Gasteiger partial charge in [-0.05, 0) is 24.3 Å². The SMILES string of the molecule is COc1cccc(OC)c1C(=O)ON1C(=O)c2ccccc2C1=O. The molecule has 0 bridgehead atoms. The summed E-state index contributed by atoms with van der Waals surface area (Å²) in [5.74, 6) is -1.92. The Kier molecular flexibility index (Phi) is 3.91. The summed E-state index contributed by atoms with van der Waals surface area (Å²) in [5.41, 5.74) is 0.351. The van der Waals surface area contributed by atoms with Crippen LogP contribution >= 0.6 is 0 Å². The molecule has 0 spiro atoms. The maximum absolute atomic E-state index is 12.5. The first-order valence-corrected chi connectivity index (χ1v) is 6.99. The molecule has 2 aromatic rings. The van der Waals surface area contributed by atoms with Crippen molar-refractivity contribution in [1.82, 2.24) is 5.06 Å². The molecule has 0 unspecified atom stereocenters. The van der Waals surface area contributed by atoms with E-state index in [4.69, 9.17) is 14.3 Å². The van der Waals surface area contributed by atoms with Crippen LogP contribution in [-0.2, 0) is 4.84 Å². The van der Waals surface area contributed by atoms with Gasteiger partial charge in [0.2, 0.25) is 0 Å². The smallest absolute Gasteiger partial charge is 0.371 e. The highest BCUT2D eigenvalue weighted by atomic mass is 16.7. The average Bonchev–Trinajstić information content (AvgIpc) is 2.86. The Morgan fingerprint density at radius 1 is 0.833 bits per heavy atom. The van der Waals surface area contributed by atoms with E-state index in [1.807, 2.05) is 0 Å². The molecule has 2 aromatic carbocycles. The molecule has 1 aliphatic heterocycles. The molecule has 122 valence electrons. The maximum atomic E-state index is 12.5. The number of ether oxygens (including phenoxy) is 2. The van der Waals surface area contributed by atoms with Gasteiger partial charge in [0.25, 0.3) is 11.8 Å². The number of benzene rings is 2. The van der Waals surface area contributed by atoms with E-state index in [-0.39, 0.29) is 28.2 Å². The Balaban J connectivity index is 1.92. The predicted molar refractivity (Wildman–Crippen MR) is 81.9 cm³/mol. The molecule has 7 nitrogen and oxygen atoms in total. The molecule has 3 rings (SSSR count). The van der Waals surface area contributed by atoms with Crippen molar-refractivity contribution >= 4 is 17.8 Å². The summed E-state index contributed by atoms with van der Waals surface area (Å²) in [7, 11) is 2.77. The Morgan fingerprint density at radius 2 is 1.33 bits per heavy atom. The Labute approximate surface area is 137 Å². The van der Waals surface area contributed by atoms with Crippen molar-refractivity contribution in [2.45, 2.75) is 0 Å². The second-order valence-corrected chi connectivity index (χ2v) is 4.87. The molecule has 1 heterocycles. The minimum Gasteiger partial charge on any atom is -0.496 e. The number of carbonyl (C=O) groups is 3. The summed E-state index contributed by atoms with van der Waals surface area (Å²) in [5, 5.41) is 0.443. The quantitative estimate of drug-likeness (QED) is 0.800. The lowest BCUT2D eigenvalue weighted by atomic mass is 10.1. The largest absolute Gasteiger partial charge is 0.496 e. The van der Waals surface area contributed by atoms with Crippen molar-refractivity contribution < 1.29 is 28.7 Å². The number of hydroxylamine groups is 2. The standard InChI is InChI=1S/C17H13NO6/c1-22-12-8-5-9-13(23-2)14(12)17(21)24-18-15(19)10-6-3-4-7-11(10)16(18)20/h3-9H,1-2H3. The molecule has 0 fully saturated rings. The van der Waals surface area contributed by atoms with E-state index in [1.54, 1.807) is 30.3 Å². The summed E-state index contributed by atoms with van der Waals surface area (Å²) in [6, 6.07) is 11.0. The lowest BCUT2D eigenvalue weighted by Crippen LogP contribution is -2.32. The number of carbonyl (C=O) groups excluding carboxylic acids is 3. The molecule has 0 saturated heterocycles. The number of nitrogens with zero attached hydrogens (tertiary/aromatic N) is 1. The zero-order valence-electron chi connectivity index (χ0n) is 12.9. The number of fused-ring (bicyclic) bond motifs is 1. The summed E-state index contributed by atoms with van der Waals surface area (Å²) >= 11 is 0. The molecule has 0 N–H and O–H groups in total. The van der Waals surface area contributed by atoms with E-state index < -0.39 is 17.8 Å². The Bertz CT molecular complexity index is 787. The van der Waals surface area contributed by atoms with Crippen LogP contribution in [-0.4, -0.2) is 37.1 Å². The van der Waals surface area contributed by atoms with Gasteiger partial charge in [-0.15, -0.1) is 0 Å². The minimum atomic E-state index is -0.932. The number of amides is 2. The summed E-state index contributed by atoms with van der Waals surface area (Å²) in [6.45, 7) is 0. The van der Waals surface area contributed by atoms with Crippen LogP contribution in [0.1, 0.15) is 31.1 Å². The van der Waals surface area contributed by atoms with Gasteiger partial charge in [-0.2, -0.15) is 0 Å². The van der Waals surface area contributed by atoms with Gasteiger partial charge in [0.1, 0.15) is 17.1 Å². The van der Waals surface area contributed by atoms with E-state index >= 15 is 0 Å². The van der Waals surface area contributed by atoms with Crippen molar-refractivity contribution in [3.8, 4) is 11.5 Å². The number of hydrogen-bond acceptors (Lipinski definition) is 6. The van der Waals surface area contributed by atoms with Crippen LogP contribution in [0, 0.1) is 0 Å². The van der Waals surface area contributed by atoms with E-state index in [0.29, 0.717) is 5.06 Å². The summed E-state index contributed by atoms with van der Waals surface area (Å²) in [6.07, 6.45) is 0. The van der Waals surface area contributed by atoms with Crippen molar-refractivity contribution in [2.24, 2.45) is 0 Å². The lowest BCUT2D eigenvalue weighted by molar-refractivity contribution is -0.0588. The first kappa shape index (κ1) is 15.5. The number of hydrogen-bond donors (Lipinski definition) is 0. The predicted octanol–water partition coefficient (Wildman–Crippen LogP) is 2.07. The van der Waals surface area contributed by atoms with Crippen LogP contribution < -0.4 is 9.47 Å². The van der Waals surface area contributed by atoms with Crippen molar-refractivity contribution in [1.29, 1.82) is 0 Å². The third kappa shape index (κ3) is 2.36. The first-order valence-electron chi connectivity index (χ1n) is 6.99. The van der Waals surface area contributed by atoms with Crippen molar-refractivity contribution in [3.05, 3.63) is 59.2 Å². The lowest BCUT2D eigenvalue weighted by Gasteiger charge is -2.15. The molecule has 1 aliphatic rings. The highest BCUT2D eigenvalue weighted by molar-refractivity contribution is 6.21. The monoisotopic (exact) mass is 327 g/mol. The van der Waals surface area contributed by atoms with E-state index in [0.717, 1.165) is 0 Å². The highest BCUT2D eigenvalue weighted by Gasteiger charge is 2.39.